The highest BCUT2D eigenvalue weighted by Gasteiger charge is 2.30. The lowest BCUT2D eigenvalue weighted by atomic mass is 10.3. The summed E-state index contributed by atoms with van der Waals surface area (Å²) in [4.78, 5) is 7.74. The minimum Gasteiger partial charge on any atom is -0.422 e. The molecule has 0 bridgehead atoms. The van der Waals surface area contributed by atoms with Crippen LogP contribution in [0, 0.1) is 11.3 Å². The lowest BCUT2D eigenvalue weighted by Gasteiger charge is -2.04. The highest BCUT2D eigenvalue weighted by molar-refractivity contribution is 5.61. The van der Waals surface area contributed by atoms with Crippen LogP contribution in [0.4, 0.5) is 24.9 Å². The highest BCUT2D eigenvalue weighted by atomic mass is 19.4. The number of rotatable bonds is 4. The zero-order valence-electron chi connectivity index (χ0n) is 12.0. The molecule has 0 unspecified atom stereocenters. The van der Waals surface area contributed by atoms with Crippen molar-refractivity contribution in [2.24, 2.45) is 11.5 Å². The number of oxazole rings is 1. The fourth-order valence-electron chi connectivity index (χ4n) is 1.48. The van der Waals surface area contributed by atoms with Gasteiger partial charge in [-0.15, -0.1) is 0 Å². The number of pyridine rings is 1. The first-order chi connectivity index (χ1) is 11.3. The maximum atomic E-state index is 12.3. The number of hydrogen-bond donors (Lipinski definition) is 3. The van der Waals surface area contributed by atoms with E-state index in [0.29, 0.717) is 11.8 Å². The molecule has 0 saturated carbocycles. The molecule has 5 N–H and O–H groups in total. The van der Waals surface area contributed by atoms with E-state index in [9.17, 15) is 13.2 Å². The van der Waals surface area contributed by atoms with E-state index in [1.54, 1.807) is 6.07 Å². The Hall–Kier alpha value is -3.48. The highest BCUT2D eigenvalue weighted by Crippen LogP contribution is 2.22. The number of hydrogen-bond acceptors (Lipinski definition) is 7. The van der Waals surface area contributed by atoms with Gasteiger partial charge in [0.05, 0.1) is 23.8 Å². The van der Waals surface area contributed by atoms with Crippen molar-refractivity contribution in [1.29, 1.82) is 5.26 Å². The van der Waals surface area contributed by atoms with Crippen LogP contribution in [0.25, 0.3) is 5.70 Å². The maximum Gasteiger partial charge on any atom is 0.430 e. The number of nitrogens with one attached hydrogen (secondary N) is 1. The monoisotopic (exact) mass is 336 g/mol. The van der Waals surface area contributed by atoms with Crippen molar-refractivity contribution in [2.75, 3.05) is 5.32 Å². The summed E-state index contributed by atoms with van der Waals surface area (Å²) in [5.41, 5.74) is 9.85. The normalized spacial score (nSPS) is 12.8. The molecule has 124 valence electrons. The molecule has 2 aromatic heterocycles. The van der Waals surface area contributed by atoms with E-state index >= 15 is 0 Å². The van der Waals surface area contributed by atoms with E-state index in [0.717, 1.165) is 6.08 Å². The maximum absolute atomic E-state index is 12.3. The largest absolute Gasteiger partial charge is 0.430 e. The van der Waals surface area contributed by atoms with Gasteiger partial charge in [-0.1, -0.05) is 0 Å². The van der Waals surface area contributed by atoms with Gasteiger partial charge in [-0.2, -0.15) is 18.4 Å². The summed E-state index contributed by atoms with van der Waals surface area (Å²) in [6.07, 6.45) is -0.392. The Balaban J connectivity index is 2.10. The lowest BCUT2D eigenvalue weighted by Crippen LogP contribution is -2.18. The number of nitriles is 1. The predicted molar refractivity (Wildman–Crippen MR) is 79.2 cm³/mol. The molecular formula is C14H11F3N6O. The molecule has 0 radical (unpaired) electrons. The van der Waals surface area contributed by atoms with E-state index in [-0.39, 0.29) is 23.2 Å². The van der Waals surface area contributed by atoms with Crippen molar-refractivity contribution in [1.82, 2.24) is 9.97 Å². The number of halogens is 3. The number of nitrogens with zero attached hydrogens (tertiary/aromatic N) is 3. The molecule has 0 aliphatic carbocycles. The zero-order chi connectivity index (χ0) is 17.7. The molecule has 0 aliphatic rings. The lowest BCUT2D eigenvalue weighted by molar-refractivity contribution is -0.0926. The van der Waals surface area contributed by atoms with Crippen LogP contribution in [0.5, 0.6) is 0 Å². The Labute approximate surface area is 134 Å². The molecule has 10 heteroatoms. The molecule has 0 atom stereocenters. The Morgan fingerprint density at radius 2 is 1.96 bits per heavy atom. The number of aromatic nitrogens is 2. The average Bonchev–Trinajstić information content (AvgIpc) is 3.00. The SMILES string of the molecule is N#Cc1ccc(Nc2ncc(/C(N)=C/C=C(\N)C(F)(F)F)o2)cn1. The third-order valence-electron chi connectivity index (χ3n) is 2.69. The first kappa shape index (κ1) is 16.9. The van der Waals surface area contributed by atoms with Crippen LogP contribution in [0.15, 0.2) is 46.8 Å². The van der Waals surface area contributed by atoms with Crippen molar-refractivity contribution >= 4 is 17.4 Å². The minimum absolute atomic E-state index is 0.0561. The molecule has 7 nitrogen and oxygen atoms in total. The summed E-state index contributed by atoms with van der Waals surface area (Å²) in [5.74, 6) is 0.0605. The summed E-state index contributed by atoms with van der Waals surface area (Å²) in [6, 6.07) is 5.01. The van der Waals surface area contributed by atoms with Crippen molar-refractivity contribution in [3.8, 4) is 6.07 Å². The van der Waals surface area contributed by atoms with E-state index < -0.39 is 11.9 Å². The van der Waals surface area contributed by atoms with Gasteiger partial charge in [-0.3, -0.25) is 0 Å². The molecule has 2 aromatic rings. The van der Waals surface area contributed by atoms with Crippen molar-refractivity contribution in [3.63, 3.8) is 0 Å². The number of nitrogens with two attached hydrogens (primary N) is 2. The summed E-state index contributed by atoms with van der Waals surface area (Å²) in [5, 5.41) is 11.4. The molecule has 0 spiro atoms. The fourth-order valence-corrected chi connectivity index (χ4v) is 1.48. The van der Waals surface area contributed by atoms with E-state index in [4.69, 9.17) is 21.1 Å². The second kappa shape index (κ2) is 6.74. The van der Waals surface area contributed by atoms with Gasteiger partial charge in [0.2, 0.25) is 0 Å². The smallest absolute Gasteiger partial charge is 0.422 e. The van der Waals surface area contributed by atoms with Gasteiger partial charge in [0.25, 0.3) is 6.01 Å². The molecule has 0 fully saturated rings. The van der Waals surface area contributed by atoms with Crippen LogP contribution in [-0.2, 0) is 0 Å². The second-order valence-corrected chi connectivity index (χ2v) is 4.44. The Kier molecular flexibility index (Phi) is 4.74. The summed E-state index contributed by atoms with van der Waals surface area (Å²) in [7, 11) is 0. The van der Waals surface area contributed by atoms with Crippen LogP contribution >= 0.6 is 0 Å². The molecule has 0 aliphatic heterocycles. The average molecular weight is 336 g/mol. The van der Waals surface area contributed by atoms with Gasteiger partial charge in [0.15, 0.2) is 5.76 Å². The molecule has 2 rings (SSSR count). The third-order valence-corrected chi connectivity index (χ3v) is 2.69. The molecule has 2 heterocycles. The minimum atomic E-state index is -4.63. The van der Waals surface area contributed by atoms with Crippen molar-refractivity contribution in [3.05, 3.63) is 53.8 Å². The van der Waals surface area contributed by atoms with Crippen LogP contribution < -0.4 is 16.8 Å². The first-order valence-electron chi connectivity index (χ1n) is 6.39. The molecule has 0 saturated heterocycles. The standard InChI is InChI=1S/C14H11F3N6O/c15-14(16,17)12(20)4-3-10(19)11-7-22-13(24-11)23-9-2-1-8(5-18)21-6-9/h1-4,6-7H,19-20H2,(H,22,23)/b10-3-,12-4-. The van der Waals surface area contributed by atoms with E-state index in [1.165, 1.54) is 18.5 Å². The molecule has 0 aromatic carbocycles. The van der Waals surface area contributed by atoms with Crippen LogP contribution in [0.1, 0.15) is 11.5 Å². The van der Waals surface area contributed by atoms with Gasteiger partial charge in [0.1, 0.15) is 17.5 Å². The zero-order valence-corrected chi connectivity index (χ0v) is 12.0. The third kappa shape index (κ3) is 4.26. The van der Waals surface area contributed by atoms with E-state index in [2.05, 4.69) is 15.3 Å². The quantitative estimate of drug-likeness (QED) is 0.731. The fraction of sp³-hybridized carbons (Fsp3) is 0.0714. The number of allylic oxidation sites excluding steroid dienone is 3. The van der Waals surface area contributed by atoms with Gasteiger partial charge >= 0.3 is 6.18 Å². The van der Waals surface area contributed by atoms with Crippen LogP contribution in [0.3, 0.4) is 0 Å². The second-order valence-electron chi connectivity index (χ2n) is 4.44. The molecule has 24 heavy (non-hydrogen) atoms. The Morgan fingerprint density at radius 1 is 1.21 bits per heavy atom. The molecular weight excluding hydrogens is 325 g/mol. The summed E-state index contributed by atoms with van der Waals surface area (Å²) < 4.78 is 42.1. The Bertz CT molecular complexity index is 814. The van der Waals surface area contributed by atoms with Crippen molar-refractivity contribution in [2.45, 2.75) is 6.18 Å². The number of alkyl halides is 3. The summed E-state index contributed by atoms with van der Waals surface area (Å²) >= 11 is 0. The predicted octanol–water partition coefficient (Wildman–Crippen LogP) is 2.39. The van der Waals surface area contributed by atoms with Gasteiger partial charge in [0, 0.05) is 0 Å². The first-order valence-corrected chi connectivity index (χ1v) is 6.39. The van der Waals surface area contributed by atoms with E-state index in [1.807, 2.05) is 6.07 Å². The van der Waals surface area contributed by atoms with Crippen molar-refractivity contribution < 1.29 is 17.6 Å². The van der Waals surface area contributed by atoms with Gasteiger partial charge < -0.3 is 21.2 Å². The Morgan fingerprint density at radius 3 is 2.54 bits per heavy atom. The van der Waals surface area contributed by atoms with Crippen LogP contribution in [0.2, 0.25) is 0 Å². The number of anilines is 2. The van der Waals surface area contributed by atoms with Gasteiger partial charge in [-0.25, -0.2) is 9.97 Å². The topological polar surface area (TPSA) is 127 Å². The van der Waals surface area contributed by atoms with Crippen LogP contribution in [-0.4, -0.2) is 16.1 Å². The molecule has 0 amide bonds. The van der Waals surface area contributed by atoms with Gasteiger partial charge in [-0.05, 0) is 24.3 Å². The summed E-state index contributed by atoms with van der Waals surface area (Å²) in [6.45, 7) is 0.